The van der Waals surface area contributed by atoms with Crippen LogP contribution in [0.2, 0.25) is 0 Å². The second kappa shape index (κ2) is 9.44. The maximum atomic E-state index is 11.9. The van der Waals surface area contributed by atoms with Gasteiger partial charge in [-0.05, 0) is 56.7 Å². The third kappa shape index (κ3) is 6.07. The second-order valence-corrected chi connectivity index (χ2v) is 6.76. The van der Waals surface area contributed by atoms with E-state index in [1.807, 2.05) is 0 Å². The number of carbonyl (C=O) groups is 2. The maximum Gasteiger partial charge on any atom is 0.306 e. The highest BCUT2D eigenvalue weighted by Crippen LogP contribution is 2.29. The zero-order valence-corrected chi connectivity index (χ0v) is 15.4. The van der Waals surface area contributed by atoms with E-state index in [2.05, 4.69) is 6.92 Å². The van der Waals surface area contributed by atoms with Crippen LogP contribution in [0.25, 0.3) is 0 Å². The molecular weight excluding hydrogens is 320 g/mol. The Morgan fingerprint density at radius 2 is 2.00 bits per heavy atom. The van der Waals surface area contributed by atoms with Crippen LogP contribution in [-0.2, 0) is 9.53 Å². The van der Waals surface area contributed by atoms with Gasteiger partial charge in [0.05, 0.1) is 13.7 Å². The molecule has 5 heteroatoms. The summed E-state index contributed by atoms with van der Waals surface area (Å²) in [7, 11) is 1.54. The fourth-order valence-corrected chi connectivity index (χ4v) is 3.13. The Morgan fingerprint density at radius 3 is 2.68 bits per heavy atom. The first-order chi connectivity index (χ1) is 12.0. The predicted molar refractivity (Wildman–Crippen MR) is 95.2 cm³/mol. The Hall–Kier alpha value is -2.04. The molecule has 0 N–H and O–H groups in total. The topological polar surface area (TPSA) is 61.8 Å². The SMILES string of the molecule is COc1cc(C(C)=O)ccc1OCCCC(=O)OC1CCCC(C)C1. The first-order valence-electron chi connectivity index (χ1n) is 9.01. The molecule has 0 spiro atoms. The van der Waals surface area contributed by atoms with Gasteiger partial charge in [-0.3, -0.25) is 9.59 Å². The number of methoxy groups -OCH3 is 1. The summed E-state index contributed by atoms with van der Waals surface area (Å²) in [6.07, 6.45) is 5.33. The zero-order chi connectivity index (χ0) is 18.2. The van der Waals surface area contributed by atoms with Crippen LogP contribution in [0.4, 0.5) is 0 Å². The first kappa shape index (κ1) is 19.3. The molecular formula is C20H28O5. The number of ether oxygens (including phenoxy) is 3. The summed E-state index contributed by atoms with van der Waals surface area (Å²) < 4.78 is 16.5. The van der Waals surface area contributed by atoms with Gasteiger partial charge < -0.3 is 14.2 Å². The quantitative estimate of drug-likeness (QED) is 0.401. The number of Topliss-reactive ketones (excluding diaryl/α,β-unsaturated/α-hetero) is 1. The highest BCUT2D eigenvalue weighted by atomic mass is 16.5. The molecule has 1 aliphatic carbocycles. The van der Waals surface area contributed by atoms with Crippen LogP contribution < -0.4 is 9.47 Å². The van der Waals surface area contributed by atoms with Crippen LogP contribution >= 0.6 is 0 Å². The summed E-state index contributed by atoms with van der Waals surface area (Å²) in [5.41, 5.74) is 0.578. The Morgan fingerprint density at radius 1 is 1.20 bits per heavy atom. The Kier molecular flexibility index (Phi) is 7.29. The van der Waals surface area contributed by atoms with Gasteiger partial charge in [0.25, 0.3) is 0 Å². The van der Waals surface area contributed by atoms with E-state index in [0.717, 1.165) is 19.3 Å². The molecule has 25 heavy (non-hydrogen) atoms. The fraction of sp³-hybridized carbons (Fsp3) is 0.600. The Labute approximate surface area is 149 Å². The number of benzene rings is 1. The standard InChI is InChI=1S/C20H28O5/c1-14-6-4-7-17(12-14)25-20(22)8-5-11-24-18-10-9-16(15(2)21)13-19(18)23-3/h9-10,13-14,17H,4-8,11-12H2,1-3H3. The molecule has 1 saturated carbocycles. The van der Waals surface area contributed by atoms with Crippen LogP contribution in [0.15, 0.2) is 18.2 Å². The molecule has 0 heterocycles. The van der Waals surface area contributed by atoms with Crippen molar-refractivity contribution in [1.29, 1.82) is 0 Å². The number of rotatable bonds is 8. The predicted octanol–water partition coefficient (Wildman–Crippen LogP) is 4.18. The van der Waals surface area contributed by atoms with Crippen molar-refractivity contribution in [3.8, 4) is 11.5 Å². The third-order valence-electron chi connectivity index (χ3n) is 4.54. The summed E-state index contributed by atoms with van der Waals surface area (Å²) in [6, 6.07) is 5.09. The fourth-order valence-electron chi connectivity index (χ4n) is 3.13. The van der Waals surface area contributed by atoms with Gasteiger partial charge >= 0.3 is 5.97 Å². The minimum absolute atomic E-state index is 0.0235. The number of hydrogen-bond donors (Lipinski definition) is 0. The van der Waals surface area contributed by atoms with Crippen molar-refractivity contribution in [3.05, 3.63) is 23.8 Å². The monoisotopic (exact) mass is 348 g/mol. The van der Waals surface area contributed by atoms with Crippen molar-refractivity contribution >= 4 is 11.8 Å². The largest absolute Gasteiger partial charge is 0.493 e. The molecule has 2 unspecified atom stereocenters. The lowest BCUT2D eigenvalue weighted by molar-refractivity contribution is -0.151. The molecule has 0 radical (unpaired) electrons. The number of ketones is 1. The minimum Gasteiger partial charge on any atom is -0.493 e. The van der Waals surface area contributed by atoms with Gasteiger partial charge in [0.2, 0.25) is 0 Å². The molecule has 1 fully saturated rings. The van der Waals surface area contributed by atoms with E-state index in [-0.39, 0.29) is 17.9 Å². The molecule has 0 saturated heterocycles. The van der Waals surface area contributed by atoms with Crippen LogP contribution in [0.3, 0.4) is 0 Å². The van der Waals surface area contributed by atoms with Gasteiger partial charge in [-0.15, -0.1) is 0 Å². The zero-order valence-electron chi connectivity index (χ0n) is 15.4. The molecule has 0 bridgehead atoms. The highest BCUT2D eigenvalue weighted by Gasteiger charge is 2.21. The lowest BCUT2D eigenvalue weighted by Gasteiger charge is -2.26. The van der Waals surface area contributed by atoms with Gasteiger partial charge in [0.15, 0.2) is 17.3 Å². The normalized spacial score (nSPS) is 20.0. The summed E-state index contributed by atoms with van der Waals surface area (Å²) in [4.78, 5) is 23.3. The Bertz CT molecular complexity index is 596. The maximum absolute atomic E-state index is 11.9. The van der Waals surface area contributed by atoms with Gasteiger partial charge in [-0.2, -0.15) is 0 Å². The molecule has 2 rings (SSSR count). The molecule has 1 aromatic rings. The van der Waals surface area contributed by atoms with E-state index in [1.54, 1.807) is 18.2 Å². The van der Waals surface area contributed by atoms with Gasteiger partial charge in [-0.25, -0.2) is 0 Å². The molecule has 0 amide bonds. The number of carbonyl (C=O) groups excluding carboxylic acids is 2. The van der Waals surface area contributed by atoms with E-state index >= 15 is 0 Å². The van der Waals surface area contributed by atoms with Crippen molar-refractivity contribution < 1.29 is 23.8 Å². The molecule has 5 nitrogen and oxygen atoms in total. The van der Waals surface area contributed by atoms with Crippen LogP contribution in [0.5, 0.6) is 11.5 Å². The first-order valence-corrected chi connectivity index (χ1v) is 9.01. The van der Waals surface area contributed by atoms with Crippen molar-refractivity contribution in [2.24, 2.45) is 5.92 Å². The molecule has 2 atom stereocenters. The second-order valence-electron chi connectivity index (χ2n) is 6.76. The van der Waals surface area contributed by atoms with Crippen molar-refractivity contribution in [3.63, 3.8) is 0 Å². The third-order valence-corrected chi connectivity index (χ3v) is 4.54. The highest BCUT2D eigenvalue weighted by molar-refractivity contribution is 5.94. The summed E-state index contributed by atoms with van der Waals surface area (Å²) >= 11 is 0. The van der Waals surface area contributed by atoms with Crippen molar-refractivity contribution in [2.75, 3.05) is 13.7 Å². The smallest absolute Gasteiger partial charge is 0.306 e. The van der Waals surface area contributed by atoms with Gasteiger partial charge in [-0.1, -0.05) is 13.3 Å². The van der Waals surface area contributed by atoms with Gasteiger partial charge in [0, 0.05) is 12.0 Å². The van der Waals surface area contributed by atoms with Crippen LogP contribution in [0, 0.1) is 5.92 Å². The summed E-state index contributed by atoms with van der Waals surface area (Å²) in [5, 5.41) is 0. The van der Waals surface area contributed by atoms with E-state index in [0.29, 0.717) is 42.4 Å². The Balaban J connectivity index is 1.73. The number of esters is 1. The lowest BCUT2D eigenvalue weighted by Crippen LogP contribution is -2.24. The summed E-state index contributed by atoms with van der Waals surface area (Å²) in [6.45, 7) is 4.11. The molecule has 138 valence electrons. The van der Waals surface area contributed by atoms with Crippen molar-refractivity contribution in [2.45, 2.75) is 58.5 Å². The molecule has 0 aliphatic heterocycles. The van der Waals surface area contributed by atoms with E-state index in [4.69, 9.17) is 14.2 Å². The minimum atomic E-state index is -0.151. The average molecular weight is 348 g/mol. The van der Waals surface area contributed by atoms with Crippen molar-refractivity contribution in [1.82, 2.24) is 0 Å². The van der Waals surface area contributed by atoms with Gasteiger partial charge in [0.1, 0.15) is 6.10 Å². The molecule has 1 aromatic carbocycles. The average Bonchev–Trinajstić information content (AvgIpc) is 2.58. The van der Waals surface area contributed by atoms with Crippen LogP contribution in [-0.4, -0.2) is 31.6 Å². The summed E-state index contributed by atoms with van der Waals surface area (Å²) in [5.74, 6) is 1.56. The van der Waals surface area contributed by atoms with E-state index in [9.17, 15) is 9.59 Å². The number of hydrogen-bond acceptors (Lipinski definition) is 5. The molecule has 0 aromatic heterocycles. The van der Waals surface area contributed by atoms with E-state index < -0.39 is 0 Å². The van der Waals surface area contributed by atoms with E-state index in [1.165, 1.54) is 20.5 Å². The molecule has 1 aliphatic rings. The van der Waals surface area contributed by atoms with Crippen LogP contribution in [0.1, 0.15) is 62.7 Å². The lowest BCUT2D eigenvalue weighted by atomic mass is 9.89.